The van der Waals surface area contributed by atoms with Crippen LogP contribution in [0.5, 0.6) is 11.5 Å². The summed E-state index contributed by atoms with van der Waals surface area (Å²) >= 11 is 0. The molecule has 0 spiro atoms. The van der Waals surface area contributed by atoms with Crippen molar-refractivity contribution in [1.82, 2.24) is 5.32 Å². The summed E-state index contributed by atoms with van der Waals surface area (Å²) in [5.41, 5.74) is 2.06. The van der Waals surface area contributed by atoms with Gasteiger partial charge in [0.05, 0.1) is 14.2 Å². The Morgan fingerprint density at radius 1 is 0.962 bits per heavy atom. The zero-order valence-electron chi connectivity index (χ0n) is 14.4. The molecule has 0 radical (unpaired) electrons. The van der Waals surface area contributed by atoms with Crippen molar-refractivity contribution in [2.45, 2.75) is 13.1 Å². The van der Waals surface area contributed by atoms with E-state index in [-0.39, 0.29) is 5.82 Å². The van der Waals surface area contributed by atoms with Crippen LogP contribution in [0.15, 0.2) is 42.5 Å². The van der Waals surface area contributed by atoms with Crippen LogP contribution in [0, 0.1) is 5.82 Å². The van der Waals surface area contributed by atoms with Gasteiger partial charge in [-0.2, -0.15) is 0 Å². The monoisotopic (exact) mass is 365 g/mol. The van der Waals surface area contributed by atoms with Gasteiger partial charge < -0.3 is 25.0 Å². The highest BCUT2D eigenvalue weighted by Crippen LogP contribution is 2.30. The number of hydrogen-bond acceptors (Lipinski definition) is 5. The number of rotatable bonds is 6. The summed E-state index contributed by atoms with van der Waals surface area (Å²) in [5.74, 6) is -2.41. The molecule has 2 aromatic rings. The Bertz CT molecular complexity index is 721. The maximum absolute atomic E-state index is 12.8. The summed E-state index contributed by atoms with van der Waals surface area (Å²) in [6, 6.07) is 12.2. The second-order valence-corrected chi connectivity index (χ2v) is 4.99. The number of methoxy groups -OCH3 is 2. The van der Waals surface area contributed by atoms with Crippen molar-refractivity contribution in [3.63, 3.8) is 0 Å². The minimum Gasteiger partial charge on any atom is -0.493 e. The molecule has 26 heavy (non-hydrogen) atoms. The lowest BCUT2D eigenvalue weighted by Crippen LogP contribution is -2.13. The van der Waals surface area contributed by atoms with Crippen LogP contribution in [-0.4, -0.2) is 36.4 Å². The minimum atomic E-state index is -1.82. The van der Waals surface area contributed by atoms with Crippen LogP contribution in [0.3, 0.4) is 0 Å². The van der Waals surface area contributed by atoms with E-state index in [9.17, 15) is 4.39 Å². The van der Waals surface area contributed by atoms with E-state index in [1.165, 1.54) is 12.1 Å². The van der Waals surface area contributed by atoms with Crippen LogP contribution in [0.4, 0.5) is 4.39 Å². The number of ether oxygens (including phenoxy) is 2. The lowest BCUT2D eigenvalue weighted by Gasteiger charge is -2.13. The van der Waals surface area contributed by atoms with Crippen LogP contribution < -0.4 is 14.8 Å². The number of carbonyl (C=O) groups is 2. The molecule has 0 aliphatic rings. The molecule has 2 aromatic carbocycles. The first-order chi connectivity index (χ1) is 12.4. The van der Waals surface area contributed by atoms with Crippen molar-refractivity contribution in [3.8, 4) is 11.5 Å². The Labute approximate surface area is 150 Å². The Kier molecular flexibility index (Phi) is 8.59. The van der Waals surface area contributed by atoms with E-state index in [1.54, 1.807) is 26.4 Å². The molecule has 0 bridgehead atoms. The zero-order chi connectivity index (χ0) is 19.5. The highest BCUT2D eigenvalue weighted by Gasteiger charge is 2.08. The standard InChI is InChI=1S/C16H18FNO2.C2H2O4/c1-19-15-5-3-4-13(16(15)20-2)11-18-10-12-6-8-14(17)9-7-12;3-1(4)2(5)6/h3-9,18H,10-11H2,1-2H3;(H,3,4)(H,5,6). The SMILES string of the molecule is COc1cccc(CNCc2ccc(F)cc2)c1OC.O=C(O)C(=O)O. The molecule has 0 atom stereocenters. The third-order valence-corrected chi connectivity index (χ3v) is 3.23. The summed E-state index contributed by atoms with van der Waals surface area (Å²) in [5, 5.41) is 18.1. The average Bonchev–Trinajstić information content (AvgIpc) is 2.63. The van der Waals surface area contributed by atoms with Gasteiger partial charge in [0.2, 0.25) is 0 Å². The van der Waals surface area contributed by atoms with Gasteiger partial charge in [-0.05, 0) is 23.8 Å². The van der Waals surface area contributed by atoms with E-state index in [4.69, 9.17) is 29.3 Å². The second kappa shape index (κ2) is 10.7. The molecule has 0 amide bonds. The van der Waals surface area contributed by atoms with Crippen molar-refractivity contribution >= 4 is 11.9 Å². The molecule has 7 nitrogen and oxygen atoms in total. The number of halogens is 1. The van der Waals surface area contributed by atoms with Gasteiger partial charge in [-0.3, -0.25) is 0 Å². The molecule has 0 saturated heterocycles. The Morgan fingerprint density at radius 2 is 1.58 bits per heavy atom. The van der Waals surface area contributed by atoms with E-state index in [1.807, 2.05) is 18.2 Å². The summed E-state index contributed by atoms with van der Waals surface area (Å²) in [7, 11) is 3.24. The third-order valence-electron chi connectivity index (χ3n) is 3.23. The largest absolute Gasteiger partial charge is 0.493 e. The molecule has 2 rings (SSSR count). The summed E-state index contributed by atoms with van der Waals surface area (Å²) in [4.78, 5) is 18.2. The van der Waals surface area contributed by atoms with Crippen molar-refractivity contribution in [2.24, 2.45) is 0 Å². The molecule has 0 heterocycles. The number of para-hydroxylation sites is 1. The molecule has 140 valence electrons. The second-order valence-electron chi connectivity index (χ2n) is 4.99. The van der Waals surface area contributed by atoms with Crippen molar-refractivity contribution in [1.29, 1.82) is 0 Å². The molecule has 0 unspecified atom stereocenters. The predicted molar refractivity (Wildman–Crippen MR) is 91.8 cm³/mol. The highest BCUT2D eigenvalue weighted by molar-refractivity contribution is 6.27. The quantitative estimate of drug-likeness (QED) is 0.675. The third kappa shape index (κ3) is 6.78. The number of benzene rings is 2. The van der Waals surface area contributed by atoms with E-state index >= 15 is 0 Å². The summed E-state index contributed by atoms with van der Waals surface area (Å²) in [6.07, 6.45) is 0. The normalized spacial score (nSPS) is 9.65. The molecule has 0 aliphatic carbocycles. The number of carboxylic acids is 2. The van der Waals surface area contributed by atoms with Crippen LogP contribution >= 0.6 is 0 Å². The van der Waals surface area contributed by atoms with Crippen molar-refractivity contribution in [3.05, 3.63) is 59.4 Å². The van der Waals surface area contributed by atoms with E-state index in [0.29, 0.717) is 18.8 Å². The summed E-state index contributed by atoms with van der Waals surface area (Å²) < 4.78 is 23.4. The van der Waals surface area contributed by atoms with Gasteiger partial charge >= 0.3 is 11.9 Å². The molecular formula is C18H20FNO6. The van der Waals surface area contributed by atoms with Gasteiger partial charge in [0, 0.05) is 18.7 Å². The molecule has 0 aromatic heterocycles. The molecule has 0 saturated carbocycles. The lowest BCUT2D eigenvalue weighted by molar-refractivity contribution is -0.159. The molecule has 8 heteroatoms. The van der Waals surface area contributed by atoms with Crippen molar-refractivity contribution < 1.29 is 33.7 Å². The predicted octanol–water partition coefficient (Wildman–Crippen LogP) is 2.29. The molecule has 3 N–H and O–H groups in total. The fraction of sp³-hybridized carbons (Fsp3) is 0.222. The molecule has 0 aliphatic heterocycles. The van der Waals surface area contributed by atoms with Gasteiger partial charge in [-0.15, -0.1) is 0 Å². The first-order valence-electron chi connectivity index (χ1n) is 7.50. The van der Waals surface area contributed by atoms with Crippen LogP contribution in [-0.2, 0) is 22.7 Å². The Morgan fingerprint density at radius 3 is 2.08 bits per heavy atom. The Hall–Kier alpha value is -3.13. The van der Waals surface area contributed by atoms with Crippen LogP contribution in [0.2, 0.25) is 0 Å². The van der Waals surface area contributed by atoms with Gasteiger partial charge in [0.1, 0.15) is 5.82 Å². The van der Waals surface area contributed by atoms with Gasteiger partial charge in [0.15, 0.2) is 11.5 Å². The number of hydrogen-bond donors (Lipinski definition) is 3. The number of aliphatic carboxylic acids is 2. The zero-order valence-corrected chi connectivity index (χ0v) is 14.4. The molecule has 0 fully saturated rings. The number of nitrogens with one attached hydrogen (secondary N) is 1. The van der Waals surface area contributed by atoms with Gasteiger partial charge in [-0.1, -0.05) is 24.3 Å². The first kappa shape index (κ1) is 20.9. The van der Waals surface area contributed by atoms with E-state index < -0.39 is 11.9 Å². The molecular weight excluding hydrogens is 345 g/mol. The van der Waals surface area contributed by atoms with Gasteiger partial charge in [0.25, 0.3) is 0 Å². The fourth-order valence-electron chi connectivity index (χ4n) is 2.04. The highest BCUT2D eigenvalue weighted by atomic mass is 19.1. The fourth-order valence-corrected chi connectivity index (χ4v) is 2.04. The Balaban J connectivity index is 0.000000487. The van der Waals surface area contributed by atoms with Crippen molar-refractivity contribution in [2.75, 3.05) is 14.2 Å². The smallest absolute Gasteiger partial charge is 0.414 e. The minimum absolute atomic E-state index is 0.219. The summed E-state index contributed by atoms with van der Waals surface area (Å²) in [6.45, 7) is 1.32. The number of carboxylic acid groups (broad SMARTS) is 2. The topological polar surface area (TPSA) is 105 Å². The first-order valence-corrected chi connectivity index (χ1v) is 7.50. The maximum atomic E-state index is 12.8. The average molecular weight is 365 g/mol. The van der Waals surface area contributed by atoms with Crippen LogP contribution in [0.1, 0.15) is 11.1 Å². The lowest BCUT2D eigenvalue weighted by atomic mass is 10.1. The van der Waals surface area contributed by atoms with Crippen LogP contribution in [0.25, 0.3) is 0 Å². The van der Waals surface area contributed by atoms with Gasteiger partial charge in [-0.25, -0.2) is 14.0 Å². The maximum Gasteiger partial charge on any atom is 0.414 e. The van der Waals surface area contributed by atoms with E-state index in [2.05, 4.69) is 5.32 Å². The van der Waals surface area contributed by atoms with E-state index in [0.717, 1.165) is 16.9 Å².